The average Bonchev–Trinajstić information content (AvgIpc) is 2.77. The summed E-state index contributed by atoms with van der Waals surface area (Å²) in [5.41, 5.74) is 2.02. The molecular weight excluding hydrogens is 437 g/mol. The molecule has 2 amide bonds. The molecule has 31 heavy (non-hydrogen) atoms. The summed E-state index contributed by atoms with van der Waals surface area (Å²) in [6.07, 6.45) is 1.74. The van der Waals surface area contributed by atoms with Crippen molar-refractivity contribution in [3.8, 4) is 0 Å². The van der Waals surface area contributed by atoms with E-state index in [0.717, 1.165) is 24.9 Å². The van der Waals surface area contributed by atoms with Crippen LogP contribution in [0.1, 0.15) is 28.8 Å². The molecule has 0 saturated carbocycles. The maximum absolute atomic E-state index is 13.0. The Labute approximate surface area is 192 Å². The summed E-state index contributed by atoms with van der Waals surface area (Å²) in [4.78, 5) is 27.7. The number of halogens is 2. The number of para-hydroxylation sites is 1. The number of rotatable bonds is 8. The van der Waals surface area contributed by atoms with Crippen LogP contribution in [-0.4, -0.2) is 50.1 Å². The summed E-state index contributed by atoms with van der Waals surface area (Å²) in [6.45, 7) is 3.11. The monoisotopic (exact) mass is 463 g/mol. The van der Waals surface area contributed by atoms with Crippen LogP contribution in [0.5, 0.6) is 0 Å². The first-order valence-electron chi connectivity index (χ1n) is 10.3. The van der Waals surface area contributed by atoms with E-state index in [-0.39, 0.29) is 17.7 Å². The van der Waals surface area contributed by atoms with Crippen molar-refractivity contribution in [2.45, 2.75) is 19.4 Å². The number of nitrogens with zero attached hydrogens (tertiary/aromatic N) is 1. The Morgan fingerprint density at radius 3 is 2.74 bits per heavy atom. The Morgan fingerprint density at radius 2 is 1.97 bits per heavy atom. The third kappa shape index (κ3) is 6.68. The summed E-state index contributed by atoms with van der Waals surface area (Å²) >= 11 is 12.1. The molecule has 1 aliphatic rings. The zero-order chi connectivity index (χ0) is 22.2. The van der Waals surface area contributed by atoms with Gasteiger partial charge in [0.15, 0.2) is 0 Å². The van der Waals surface area contributed by atoms with Crippen LogP contribution in [-0.2, 0) is 16.1 Å². The Morgan fingerprint density at radius 1 is 1.16 bits per heavy atom. The summed E-state index contributed by atoms with van der Waals surface area (Å²) in [6, 6.07) is 12.7. The Balaban J connectivity index is 1.61. The molecule has 0 spiro atoms. The number of piperidine rings is 1. The number of amides is 2. The fourth-order valence-corrected chi connectivity index (χ4v) is 4.02. The molecule has 0 bridgehead atoms. The third-order valence-corrected chi connectivity index (χ3v) is 6.03. The standard InChI is InChI=1S/C23H27Cl2N3O3/c1-31-12-10-26-23(30)18-6-2-3-7-21(18)27-22(29)17-5-4-11-28(15-17)14-16-8-9-19(24)20(25)13-16/h2-3,6-9,13,17H,4-5,10-12,14-15H2,1H3,(H,26,30)(H,27,29). The van der Waals surface area contributed by atoms with Gasteiger partial charge in [-0.15, -0.1) is 0 Å². The lowest BCUT2D eigenvalue weighted by atomic mass is 9.96. The maximum Gasteiger partial charge on any atom is 0.253 e. The molecule has 0 radical (unpaired) electrons. The van der Waals surface area contributed by atoms with Crippen LogP contribution in [0.4, 0.5) is 5.69 Å². The van der Waals surface area contributed by atoms with E-state index < -0.39 is 0 Å². The molecule has 6 nitrogen and oxygen atoms in total. The van der Waals surface area contributed by atoms with E-state index in [4.69, 9.17) is 27.9 Å². The molecule has 8 heteroatoms. The van der Waals surface area contributed by atoms with Crippen molar-refractivity contribution in [1.29, 1.82) is 0 Å². The van der Waals surface area contributed by atoms with Gasteiger partial charge in [-0.2, -0.15) is 0 Å². The second-order valence-electron chi connectivity index (χ2n) is 7.61. The smallest absolute Gasteiger partial charge is 0.253 e. The molecule has 166 valence electrons. The highest BCUT2D eigenvalue weighted by molar-refractivity contribution is 6.42. The molecule has 1 saturated heterocycles. The van der Waals surface area contributed by atoms with E-state index in [0.29, 0.717) is 47.5 Å². The summed E-state index contributed by atoms with van der Waals surface area (Å²) in [5, 5.41) is 6.82. The largest absolute Gasteiger partial charge is 0.383 e. The molecule has 3 rings (SSSR count). The summed E-state index contributed by atoms with van der Waals surface area (Å²) in [5.74, 6) is -0.463. The normalized spacial score (nSPS) is 16.7. The van der Waals surface area contributed by atoms with E-state index >= 15 is 0 Å². The molecular formula is C23H27Cl2N3O3. The minimum Gasteiger partial charge on any atom is -0.383 e. The Hall–Kier alpha value is -2.12. The first kappa shape index (κ1) is 23.5. The quantitative estimate of drug-likeness (QED) is 0.574. The van der Waals surface area contributed by atoms with Gasteiger partial charge >= 0.3 is 0 Å². The summed E-state index contributed by atoms with van der Waals surface area (Å²) in [7, 11) is 1.58. The van der Waals surface area contributed by atoms with Crippen molar-refractivity contribution in [2.75, 3.05) is 38.7 Å². The van der Waals surface area contributed by atoms with E-state index in [2.05, 4.69) is 15.5 Å². The van der Waals surface area contributed by atoms with Gasteiger partial charge in [-0.1, -0.05) is 41.4 Å². The van der Waals surface area contributed by atoms with Gasteiger partial charge in [0.25, 0.3) is 5.91 Å². The van der Waals surface area contributed by atoms with Crippen molar-refractivity contribution >= 4 is 40.7 Å². The number of likely N-dealkylation sites (tertiary alicyclic amines) is 1. The van der Waals surface area contributed by atoms with Gasteiger partial charge in [-0.05, 0) is 49.2 Å². The average molecular weight is 464 g/mol. The van der Waals surface area contributed by atoms with Crippen LogP contribution >= 0.6 is 23.2 Å². The lowest BCUT2D eigenvalue weighted by Crippen LogP contribution is -2.40. The number of hydrogen-bond donors (Lipinski definition) is 2. The predicted molar refractivity (Wildman–Crippen MR) is 124 cm³/mol. The van der Waals surface area contributed by atoms with E-state index in [1.54, 1.807) is 37.4 Å². The van der Waals surface area contributed by atoms with Crippen molar-refractivity contribution in [2.24, 2.45) is 5.92 Å². The molecule has 2 aromatic carbocycles. The fourth-order valence-electron chi connectivity index (χ4n) is 3.70. The number of benzene rings is 2. The number of carbonyl (C=O) groups is 2. The zero-order valence-electron chi connectivity index (χ0n) is 17.5. The van der Waals surface area contributed by atoms with Gasteiger partial charge in [0.2, 0.25) is 5.91 Å². The minimum absolute atomic E-state index is 0.0732. The molecule has 1 unspecified atom stereocenters. The highest BCUT2D eigenvalue weighted by Crippen LogP contribution is 2.25. The maximum atomic E-state index is 13.0. The van der Waals surface area contributed by atoms with Crippen LogP contribution in [0, 0.1) is 5.92 Å². The molecule has 1 atom stereocenters. The number of nitrogens with one attached hydrogen (secondary N) is 2. The van der Waals surface area contributed by atoms with Gasteiger partial charge in [-0.25, -0.2) is 0 Å². The lowest BCUT2D eigenvalue weighted by molar-refractivity contribution is -0.121. The van der Waals surface area contributed by atoms with E-state index in [1.165, 1.54) is 0 Å². The second-order valence-corrected chi connectivity index (χ2v) is 8.42. The third-order valence-electron chi connectivity index (χ3n) is 5.29. The van der Waals surface area contributed by atoms with Crippen LogP contribution in [0.15, 0.2) is 42.5 Å². The van der Waals surface area contributed by atoms with Gasteiger partial charge in [0.05, 0.1) is 33.8 Å². The molecule has 2 aromatic rings. The highest BCUT2D eigenvalue weighted by Gasteiger charge is 2.26. The first-order chi connectivity index (χ1) is 15.0. The van der Waals surface area contributed by atoms with Crippen LogP contribution < -0.4 is 10.6 Å². The van der Waals surface area contributed by atoms with Gasteiger partial charge in [-0.3, -0.25) is 14.5 Å². The highest BCUT2D eigenvalue weighted by atomic mass is 35.5. The molecule has 0 aromatic heterocycles. The van der Waals surface area contributed by atoms with Crippen LogP contribution in [0.25, 0.3) is 0 Å². The zero-order valence-corrected chi connectivity index (χ0v) is 19.0. The van der Waals surface area contributed by atoms with Crippen LogP contribution in [0.3, 0.4) is 0 Å². The van der Waals surface area contributed by atoms with Gasteiger partial charge < -0.3 is 15.4 Å². The molecule has 1 fully saturated rings. The number of anilines is 1. The number of ether oxygens (including phenoxy) is 1. The minimum atomic E-state index is -0.238. The molecule has 2 N–H and O–H groups in total. The number of carbonyl (C=O) groups excluding carboxylic acids is 2. The van der Waals surface area contributed by atoms with Crippen molar-refractivity contribution in [1.82, 2.24) is 10.2 Å². The molecule has 1 aliphatic heterocycles. The van der Waals surface area contributed by atoms with Crippen molar-refractivity contribution in [3.05, 3.63) is 63.6 Å². The fraction of sp³-hybridized carbons (Fsp3) is 0.391. The SMILES string of the molecule is COCCNC(=O)c1ccccc1NC(=O)C1CCCN(Cc2ccc(Cl)c(Cl)c2)C1. The number of methoxy groups -OCH3 is 1. The van der Waals surface area contributed by atoms with Crippen LogP contribution in [0.2, 0.25) is 10.0 Å². The van der Waals surface area contributed by atoms with Gasteiger partial charge in [0, 0.05) is 26.7 Å². The van der Waals surface area contributed by atoms with Gasteiger partial charge in [0.1, 0.15) is 0 Å². The number of hydrogen-bond acceptors (Lipinski definition) is 4. The van der Waals surface area contributed by atoms with Crippen molar-refractivity contribution < 1.29 is 14.3 Å². The topological polar surface area (TPSA) is 70.7 Å². The Bertz CT molecular complexity index is 923. The Kier molecular flexibility index (Phi) is 8.72. The summed E-state index contributed by atoms with van der Waals surface area (Å²) < 4.78 is 4.96. The lowest BCUT2D eigenvalue weighted by Gasteiger charge is -2.32. The first-order valence-corrected chi connectivity index (χ1v) is 11.1. The van der Waals surface area contributed by atoms with E-state index in [1.807, 2.05) is 12.1 Å². The molecule has 1 heterocycles. The second kappa shape index (κ2) is 11.5. The van der Waals surface area contributed by atoms with Crippen molar-refractivity contribution in [3.63, 3.8) is 0 Å². The predicted octanol–water partition coefficient (Wildman–Crippen LogP) is 4.22. The van der Waals surface area contributed by atoms with E-state index in [9.17, 15) is 9.59 Å². The molecule has 0 aliphatic carbocycles.